The second kappa shape index (κ2) is 8.16. The van der Waals surface area contributed by atoms with E-state index in [0.717, 1.165) is 29.1 Å². The lowest BCUT2D eigenvalue weighted by Crippen LogP contribution is -2.65. The molecule has 0 spiro atoms. The summed E-state index contributed by atoms with van der Waals surface area (Å²) in [4.78, 5) is 52.3. The van der Waals surface area contributed by atoms with Gasteiger partial charge in [-0.15, -0.1) is 0 Å². The van der Waals surface area contributed by atoms with E-state index in [1.165, 1.54) is 26.1 Å². The second-order valence-corrected chi connectivity index (χ2v) is 6.81. The van der Waals surface area contributed by atoms with Crippen LogP contribution in [0.3, 0.4) is 0 Å². The van der Waals surface area contributed by atoms with Crippen molar-refractivity contribution in [2.45, 2.75) is 32.6 Å². The van der Waals surface area contributed by atoms with Gasteiger partial charge in [0.05, 0.1) is 0 Å². The summed E-state index contributed by atoms with van der Waals surface area (Å²) < 4.78 is 0. The van der Waals surface area contributed by atoms with Gasteiger partial charge >= 0.3 is 6.03 Å². The van der Waals surface area contributed by atoms with Crippen molar-refractivity contribution in [3.63, 3.8) is 0 Å². The Morgan fingerprint density at radius 1 is 1.30 bits per heavy atom. The van der Waals surface area contributed by atoms with Gasteiger partial charge in [-0.05, 0) is 44.3 Å². The molecule has 0 aromatic carbocycles. The molecule has 0 saturated carbocycles. The monoisotopic (exact) mass is 371 g/mol. The lowest BCUT2D eigenvalue weighted by atomic mass is 9.73. The summed E-state index contributed by atoms with van der Waals surface area (Å²) in [5, 5.41) is 2.50. The fourth-order valence-electron chi connectivity index (χ4n) is 3.35. The van der Waals surface area contributed by atoms with E-state index in [4.69, 9.17) is 0 Å². The third-order valence-corrected chi connectivity index (χ3v) is 4.89. The number of nitrogens with one attached hydrogen (secondary N) is 1. The molecule has 1 unspecified atom stereocenters. The summed E-state index contributed by atoms with van der Waals surface area (Å²) in [6, 6.07) is -0.804. The van der Waals surface area contributed by atoms with Crippen LogP contribution < -0.4 is 5.32 Å². The fraction of sp³-hybridized carbons (Fsp3) is 0.400. The number of allylic oxidation sites excluding steroid dienone is 4. The molecule has 7 heteroatoms. The molecule has 1 fully saturated rings. The maximum Gasteiger partial charge on any atom is 0.333 e. The minimum absolute atomic E-state index is 0.305. The molecule has 144 valence electrons. The van der Waals surface area contributed by atoms with Crippen molar-refractivity contribution >= 4 is 23.8 Å². The largest absolute Gasteiger partial charge is 0.333 e. The van der Waals surface area contributed by atoms with E-state index in [-0.39, 0.29) is 0 Å². The Balaban J connectivity index is 2.25. The number of amides is 5. The topological polar surface area (TPSA) is 86.8 Å². The first-order valence-corrected chi connectivity index (χ1v) is 8.85. The van der Waals surface area contributed by atoms with Crippen LogP contribution in [0.5, 0.6) is 0 Å². The molecule has 2 aliphatic rings. The maximum absolute atomic E-state index is 13.1. The van der Waals surface area contributed by atoms with Crippen molar-refractivity contribution in [1.82, 2.24) is 15.1 Å². The quantitative estimate of drug-likeness (QED) is 0.441. The highest BCUT2D eigenvalue weighted by molar-refractivity contribution is 6.21. The molecule has 1 heterocycles. The second-order valence-electron chi connectivity index (χ2n) is 6.81. The predicted molar refractivity (Wildman–Crippen MR) is 101 cm³/mol. The van der Waals surface area contributed by atoms with Crippen LogP contribution in [0.4, 0.5) is 4.79 Å². The molecular weight excluding hydrogens is 346 g/mol. The molecule has 1 saturated heterocycles. The first kappa shape index (κ1) is 20.4. The van der Waals surface area contributed by atoms with Gasteiger partial charge in [-0.2, -0.15) is 0 Å². The molecule has 1 aliphatic heterocycles. The van der Waals surface area contributed by atoms with Gasteiger partial charge in [-0.3, -0.25) is 24.2 Å². The molecule has 0 aromatic rings. The first-order chi connectivity index (χ1) is 12.7. The zero-order valence-electron chi connectivity index (χ0n) is 15.8. The van der Waals surface area contributed by atoms with E-state index in [9.17, 15) is 19.2 Å². The van der Waals surface area contributed by atoms with Gasteiger partial charge in [-0.25, -0.2) is 4.79 Å². The Kier molecular flexibility index (Phi) is 6.15. The zero-order chi connectivity index (χ0) is 20.2. The van der Waals surface area contributed by atoms with Crippen LogP contribution >= 0.6 is 0 Å². The fourth-order valence-corrected chi connectivity index (χ4v) is 3.35. The Morgan fingerprint density at radius 3 is 2.59 bits per heavy atom. The summed E-state index contributed by atoms with van der Waals surface area (Å²) in [5.41, 5.74) is -0.436. The highest BCUT2D eigenvalue weighted by atomic mass is 16.2. The Bertz CT molecular complexity index is 765. The Labute approximate surface area is 159 Å². The van der Waals surface area contributed by atoms with Crippen molar-refractivity contribution < 1.29 is 19.2 Å². The van der Waals surface area contributed by atoms with Gasteiger partial charge in [-0.1, -0.05) is 31.4 Å². The minimum Gasteiger partial charge on any atom is -0.325 e. The molecule has 0 aromatic heterocycles. The molecule has 1 aliphatic carbocycles. The normalized spacial score (nSPS) is 23.5. The summed E-state index contributed by atoms with van der Waals surface area (Å²) >= 11 is 0. The van der Waals surface area contributed by atoms with Crippen molar-refractivity contribution in [2.24, 2.45) is 5.41 Å². The number of urea groups is 1. The average molecular weight is 371 g/mol. The lowest BCUT2D eigenvalue weighted by molar-refractivity contribution is -0.155. The molecule has 5 amide bonds. The molecule has 7 nitrogen and oxygen atoms in total. The number of nitrogens with zero attached hydrogens (tertiary/aromatic N) is 2. The average Bonchev–Trinajstić information content (AvgIpc) is 2.67. The van der Waals surface area contributed by atoms with E-state index in [2.05, 4.69) is 18.5 Å². The van der Waals surface area contributed by atoms with Crippen molar-refractivity contribution in [3.8, 4) is 0 Å². The Hall–Kier alpha value is -2.96. The number of barbiturate groups is 1. The van der Waals surface area contributed by atoms with E-state index >= 15 is 0 Å². The number of hydrogen-bond acceptors (Lipinski definition) is 4. The number of carbonyl (C=O) groups excluding carboxylic acids is 4. The lowest BCUT2D eigenvalue weighted by Gasteiger charge is -2.42. The molecule has 2 rings (SSSR count). The smallest absolute Gasteiger partial charge is 0.325 e. The third kappa shape index (κ3) is 3.92. The van der Waals surface area contributed by atoms with Crippen molar-refractivity contribution in [2.75, 3.05) is 13.6 Å². The van der Waals surface area contributed by atoms with Crippen molar-refractivity contribution in [3.05, 3.63) is 48.7 Å². The summed E-state index contributed by atoms with van der Waals surface area (Å²) in [5.74, 6) is -1.79. The van der Waals surface area contributed by atoms with E-state index in [0.29, 0.717) is 17.7 Å². The van der Waals surface area contributed by atoms with Crippen LogP contribution in [-0.2, 0) is 14.4 Å². The Morgan fingerprint density at radius 2 is 2.00 bits per heavy atom. The summed E-state index contributed by atoms with van der Waals surface area (Å²) in [7, 11) is 1.33. The van der Waals surface area contributed by atoms with Gasteiger partial charge in [0.15, 0.2) is 0 Å². The van der Waals surface area contributed by atoms with E-state index < -0.39 is 35.7 Å². The van der Waals surface area contributed by atoms with Crippen LogP contribution in [0.1, 0.15) is 32.6 Å². The number of carbonyl (C=O) groups is 4. The zero-order valence-corrected chi connectivity index (χ0v) is 15.8. The van der Waals surface area contributed by atoms with Gasteiger partial charge < -0.3 is 5.32 Å². The highest BCUT2D eigenvalue weighted by Crippen LogP contribution is 2.40. The molecular formula is C20H25N3O4. The third-order valence-electron chi connectivity index (χ3n) is 4.89. The van der Waals surface area contributed by atoms with Crippen LogP contribution in [0.15, 0.2) is 48.7 Å². The van der Waals surface area contributed by atoms with Gasteiger partial charge in [0.2, 0.25) is 11.8 Å². The molecule has 1 atom stereocenters. The minimum atomic E-state index is -1.46. The SMILES string of the molecule is C=C/C=C\C(=C)NC(=O)CN1C(=O)N(C)C(=O)C(C)(C2=CCCCC2)C1=O. The van der Waals surface area contributed by atoms with Gasteiger partial charge in [0.1, 0.15) is 12.0 Å². The highest BCUT2D eigenvalue weighted by Gasteiger charge is 2.55. The van der Waals surface area contributed by atoms with Crippen LogP contribution in [0.25, 0.3) is 0 Å². The van der Waals surface area contributed by atoms with Gasteiger partial charge in [0, 0.05) is 12.7 Å². The van der Waals surface area contributed by atoms with Crippen LogP contribution in [0.2, 0.25) is 0 Å². The standard InChI is InChI=1S/C20H25N3O4/c1-5-6-10-14(2)21-16(24)13-23-18(26)20(3,15-11-8-7-9-12-15)17(25)22(4)19(23)27/h5-6,10-11H,1-2,7-9,12-13H2,3-4H3,(H,21,24)/b10-6-. The van der Waals surface area contributed by atoms with Crippen molar-refractivity contribution in [1.29, 1.82) is 0 Å². The summed E-state index contributed by atoms with van der Waals surface area (Å²) in [6.07, 6.45) is 9.87. The molecule has 0 bridgehead atoms. The van der Waals surface area contributed by atoms with Crippen LogP contribution in [-0.4, -0.2) is 47.1 Å². The maximum atomic E-state index is 13.1. The van der Waals surface area contributed by atoms with Gasteiger partial charge in [0.25, 0.3) is 5.91 Å². The summed E-state index contributed by atoms with van der Waals surface area (Å²) in [6.45, 7) is 8.23. The number of hydrogen-bond donors (Lipinski definition) is 1. The van der Waals surface area contributed by atoms with E-state index in [1.54, 1.807) is 6.08 Å². The number of imide groups is 2. The first-order valence-electron chi connectivity index (χ1n) is 8.85. The predicted octanol–water partition coefficient (Wildman–Crippen LogP) is 2.29. The van der Waals surface area contributed by atoms with E-state index in [1.807, 2.05) is 6.08 Å². The number of rotatable bonds is 6. The van der Waals surface area contributed by atoms with Crippen LogP contribution in [0, 0.1) is 5.41 Å². The molecule has 27 heavy (non-hydrogen) atoms. The molecule has 1 N–H and O–H groups in total. The molecule has 0 radical (unpaired) electrons.